The molecular weight excluding hydrogens is 337 g/mol. The van der Waals surface area contributed by atoms with Crippen LogP contribution in [0.1, 0.15) is 32.1 Å². The number of anilines is 1. The van der Waals surface area contributed by atoms with E-state index in [1.165, 1.54) is 31.7 Å². The fraction of sp³-hybridized carbons (Fsp3) is 0.350. The summed E-state index contributed by atoms with van der Waals surface area (Å²) in [5, 5.41) is 3.59. The molecular formula is C20H22FNO2S. The molecule has 1 N–H and O–H groups in total. The molecule has 0 aliphatic heterocycles. The zero-order chi connectivity index (χ0) is 17.5. The first-order chi connectivity index (χ1) is 12.2. The van der Waals surface area contributed by atoms with Crippen LogP contribution in [0.4, 0.5) is 10.1 Å². The van der Waals surface area contributed by atoms with E-state index in [0.29, 0.717) is 5.25 Å². The monoisotopic (exact) mass is 359 g/mol. The van der Waals surface area contributed by atoms with E-state index in [0.717, 1.165) is 10.6 Å². The molecule has 1 fully saturated rings. The van der Waals surface area contributed by atoms with Crippen molar-refractivity contribution in [1.29, 1.82) is 0 Å². The Morgan fingerprint density at radius 1 is 1.12 bits per heavy atom. The van der Waals surface area contributed by atoms with E-state index in [1.807, 2.05) is 30.0 Å². The number of carbonyl (C=O) groups is 1. The number of carbonyl (C=O) groups excluding carboxylic acids is 1. The highest BCUT2D eigenvalue weighted by atomic mass is 32.2. The number of ether oxygens (including phenoxy) is 1. The Bertz CT molecular complexity index is 716. The molecule has 1 amide bonds. The van der Waals surface area contributed by atoms with Crippen LogP contribution in [0.25, 0.3) is 0 Å². The smallest absolute Gasteiger partial charge is 0.227 e. The fourth-order valence-corrected chi connectivity index (χ4v) is 4.22. The number of rotatable bonds is 7. The van der Waals surface area contributed by atoms with Gasteiger partial charge in [-0.2, -0.15) is 0 Å². The number of halogens is 1. The largest absolute Gasteiger partial charge is 0.490 e. The van der Waals surface area contributed by atoms with Crippen molar-refractivity contribution in [3.05, 3.63) is 54.3 Å². The zero-order valence-corrected chi connectivity index (χ0v) is 14.9. The number of amides is 1. The second-order valence-corrected chi connectivity index (χ2v) is 7.44. The van der Waals surface area contributed by atoms with Gasteiger partial charge in [-0.1, -0.05) is 37.1 Å². The van der Waals surface area contributed by atoms with E-state index in [9.17, 15) is 9.18 Å². The Balaban J connectivity index is 1.51. The molecule has 0 atom stereocenters. The summed E-state index contributed by atoms with van der Waals surface area (Å²) < 4.78 is 18.8. The van der Waals surface area contributed by atoms with Crippen molar-refractivity contribution in [1.82, 2.24) is 0 Å². The lowest BCUT2D eigenvalue weighted by Gasteiger charge is -2.14. The number of benzene rings is 2. The third kappa shape index (κ3) is 5.23. The second-order valence-electron chi connectivity index (χ2n) is 6.10. The third-order valence-electron chi connectivity index (χ3n) is 4.18. The quantitative estimate of drug-likeness (QED) is 0.732. The van der Waals surface area contributed by atoms with Crippen LogP contribution in [0, 0.1) is 5.82 Å². The van der Waals surface area contributed by atoms with Gasteiger partial charge in [0.25, 0.3) is 0 Å². The molecule has 2 aromatic rings. The summed E-state index contributed by atoms with van der Waals surface area (Å²) in [6.07, 6.45) is 5.24. The minimum Gasteiger partial charge on any atom is -0.490 e. The molecule has 5 heteroatoms. The topological polar surface area (TPSA) is 38.3 Å². The van der Waals surface area contributed by atoms with Crippen LogP contribution in [0.15, 0.2) is 53.4 Å². The number of para-hydroxylation sites is 2. The van der Waals surface area contributed by atoms with Crippen molar-refractivity contribution in [2.45, 2.75) is 42.2 Å². The maximum Gasteiger partial charge on any atom is 0.227 e. The SMILES string of the molecule is O=C(CCOc1ccccc1F)Nc1ccccc1SC1CCCC1. The molecule has 1 saturated carbocycles. The van der Waals surface area contributed by atoms with Crippen LogP contribution in [0.5, 0.6) is 5.75 Å². The van der Waals surface area contributed by atoms with Gasteiger partial charge in [0.2, 0.25) is 5.91 Å². The van der Waals surface area contributed by atoms with Gasteiger partial charge in [0, 0.05) is 10.1 Å². The standard InChI is InChI=1S/C20H22FNO2S/c21-16-9-3-5-11-18(16)24-14-13-20(23)22-17-10-4-6-12-19(17)25-15-7-1-2-8-15/h3-6,9-12,15H,1-2,7-8,13-14H2,(H,22,23). The lowest BCUT2D eigenvalue weighted by molar-refractivity contribution is -0.116. The van der Waals surface area contributed by atoms with Gasteiger partial charge in [-0.25, -0.2) is 4.39 Å². The van der Waals surface area contributed by atoms with Crippen molar-refractivity contribution in [3.8, 4) is 5.75 Å². The number of thioether (sulfide) groups is 1. The molecule has 2 aromatic carbocycles. The molecule has 0 unspecified atom stereocenters. The fourth-order valence-electron chi connectivity index (χ4n) is 2.89. The van der Waals surface area contributed by atoms with Gasteiger partial charge in [0.1, 0.15) is 0 Å². The van der Waals surface area contributed by atoms with Crippen molar-refractivity contribution in [2.75, 3.05) is 11.9 Å². The van der Waals surface area contributed by atoms with E-state index in [1.54, 1.807) is 18.2 Å². The Morgan fingerprint density at radius 2 is 1.84 bits per heavy atom. The molecule has 0 spiro atoms. The summed E-state index contributed by atoms with van der Waals surface area (Å²) in [5.74, 6) is -0.371. The third-order valence-corrected chi connectivity index (χ3v) is 5.59. The first kappa shape index (κ1) is 17.8. The summed E-state index contributed by atoms with van der Waals surface area (Å²) in [4.78, 5) is 13.3. The lowest BCUT2D eigenvalue weighted by atomic mass is 10.3. The summed E-state index contributed by atoms with van der Waals surface area (Å²) in [7, 11) is 0. The summed E-state index contributed by atoms with van der Waals surface area (Å²) >= 11 is 1.85. The average molecular weight is 359 g/mol. The maximum absolute atomic E-state index is 13.5. The molecule has 132 valence electrons. The second kappa shape index (κ2) is 8.90. The van der Waals surface area contributed by atoms with E-state index >= 15 is 0 Å². The van der Waals surface area contributed by atoms with E-state index in [-0.39, 0.29) is 24.7 Å². The summed E-state index contributed by atoms with van der Waals surface area (Å²) in [6.45, 7) is 0.144. The van der Waals surface area contributed by atoms with Crippen LogP contribution in [-0.2, 0) is 4.79 Å². The van der Waals surface area contributed by atoms with Crippen molar-refractivity contribution < 1.29 is 13.9 Å². The highest BCUT2D eigenvalue weighted by Crippen LogP contribution is 2.38. The molecule has 3 rings (SSSR count). The normalized spacial score (nSPS) is 14.4. The predicted octanol–water partition coefficient (Wildman–Crippen LogP) is 5.27. The van der Waals surface area contributed by atoms with Crippen molar-refractivity contribution in [2.24, 2.45) is 0 Å². The van der Waals surface area contributed by atoms with E-state index in [2.05, 4.69) is 11.4 Å². The molecule has 1 aliphatic rings. The first-order valence-electron chi connectivity index (χ1n) is 8.65. The highest BCUT2D eigenvalue weighted by Gasteiger charge is 2.18. The number of hydrogen-bond donors (Lipinski definition) is 1. The van der Waals surface area contributed by atoms with Crippen LogP contribution < -0.4 is 10.1 Å². The maximum atomic E-state index is 13.5. The molecule has 3 nitrogen and oxygen atoms in total. The van der Waals surface area contributed by atoms with Crippen LogP contribution in [0.3, 0.4) is 0 Å². The number of nitrogens with one attached hydrogen (secondary N) is 1. The van der Waals surface area contributed by atoms with E-state index in [4.69, 9.17) is 4.74 Å². The highest BCUT2D eigenvalue weighted by molar-refractivity contribution is 8.00. The Labute approximate surface area is 152 Å². The van der Waals surface area contributed by atoms with Crippen LogP contribution in [0.2, 0.25) is 0 Å². The molecule has 0 aromatic heterocycles. The van der Waals surface area contributed by atoms with Gasteiger partial charge in [-0.15, -0.1) is 11.8 Å². The average Bonchev–Trinajstić information content (AvgIpc) is 3.11. The lowest BCUT2D eigenvalue weighted by Crippen LogP contribution is -2.16. The van der Waals surface area contributed by atoms with Gasteiger partial charge >= 0.3 is 0 Å². The molecule has 0 bridgehead atoms. The Morgan fingerprint density at radius 3 is 2.64 bits per heavy atom. The van der Waals surface area contributed by atoms with Crippen LogP contribution >= 0.6 is 11.8 Å². The Hall–Kier alpha value is -2.01. The minimum absolute atomic E-state index is 0.129. The van der Waals surface area contributed by atoms with E-state index < -0.39 is 5.82 Å². The van der Waals surface area contributed by atoms with Crippen LogP contribution in [-0.4, -0.2) is 17.8 Å². The zero-order valence-electron chi connectivity index (χ0n) is 14.0. The molecule has 0 heterocycles. The first-order valence-corrected chi connectivity index (χ1v) is 9.53. The minimum atomic E-state index is -0.416. The molecule has 0 saturated heterocycles. The van der Waals surface area contributed by atoms with Gasteiger partial charge < -0.3 is 10.1 Å². The molecule has 0 radical (unpaired) electrons. The van der Waals surface area contributed by atoms with Gasteiger partial charge in [-0.3, -0.25) is 4.79 Å². The van der Waals surface area contributed by atoms with Crippen molar-refractivity contribution in [3.63, 3.8) is 0 Å². The Kier molecular flexibility index (Phi) is 6.34. The van der Waals surface area contributed by atoms with Gasteiger partial charge in [0.15, 0.2) is 11.6 Å². The summed E-state index contributed by atoms with van der Waals surface area (Å²) in [5.41, 5.74) is 0.843. The summed E-state index contributed by atoms with van der Waals surface area (Å²) in [6, 6.07) is 14.1. The van der Waals surface area contributed by atoms with Crippen molar-refractivity contribution >= 4 is 23.4 Å². The number of hydrogen-bond acceptors (Lipinski definition) is 3. The van der Waals surface area contributed by atoms with Gasteiger partial charge in [-0.05, 0) is 37.1 Å². The predicted molar refractivity (Wildman–Crippen MR) is 99.7 cm³/mol. The molecule has 1 aliphatic carbocycles. The molecule has 25 heavy (non-hydrogen) atoms. The van der Waals surface area contributed by atoms with Gasteiger partial charge in [0.05, 0.1) is 18.7 Å².